The van der Waals surface area contributed by atoms with Gasteiger partial charge in [-0.3, -0.25) is 4.79 Å². The molecule has 6 nitrogen and oxygen atoms in total. The Bertz CT molecular complexity index is 664. The standard InChI is InChI=1S/C15H17ClN4O2S2/c1-2-7-18-14-19-20-15(24-14)23-10-13(21)17-8-9-22-12-5-3-11(16)4-6-12/h2-6H,1,7-10H2,(H,17,21)(H,18,19). The Balaban J connectivity index is 1.60. The first-order chi connectivity index (χ1) is 11.7. The molecule has 9 heteroatoms. The van der Waals surface area contributed by atoms with Gasteiger partial charge in [-0.1, -0.05) is 40.8 Å². The van der Waals surface area contributed by atoms with E-state index in [0.717, 1.165) is 10.1 Å². The second-order valence-corrected chi connectivity index (χ2v) is 7.12. The SMILES string of the molecule is C=CCNc1nnc(SCC(=O)NCCOc2ccc(Cl)cc2)s1. The molecule has 0 aliphatic heterocycles. The minimum absolute atomic E-state index is 0.0736. The number of ether oxygens (including phenoxy) is 1. The van der Waals surface area contributed by atoms with Gasteiger partial charge in [-0.2, -0.15) is 0 Å². The third kappa shape index (κ3) is 6.77. The lowest BCUT2D eigenvalue weighted by Crippen LogP contribution is -2.29. The number of amides is 1. The second-order valence-electron chi connectivity index (χ2n) is 4.48. The Morgan fingerprint density at radius 3 is 2.92 bits per heavy atom. The van der Waals surface area contributed by atoms with Crippen LogP contribution in [0.1, 0.15) is 0 Å². The van der Waals surface area contributed by atoms with Crippen molar-refractivity contribution in [2.24, 2.45) is 0 Å². The van der Waals surface area contributed by atoms with Gasteiger partial charge in [-0.05, 0) is 24.3 Å². The summed E-state index contributed by atoms with van der Waals surface area (Å²) in [5.41, 5.74) is 0. The van der Waals surface area contributed by atoms with E-state index in [1.165, 1.54) is 23.1 Å². The molecule has 1 aromatic heterocycles. The summed E-state index contributed by atoms with van der Waals surface area (Å²) in [6.45, 7) is 5.08. The predicted molar refractivity (Wildman–Crippen MR) is 99.3 cm³/mol. The molecule has 0 radical (unpaired) electrons. The number of halogens is 1. The first-order valence-corrected chi connectivity index (χ1v) is 9.31. The Labute approximate surface area is 153 Å². The van der Waals surface area contributed by atoms with Crippen LogP contribution in [0.5, 0.6) is 5.75 Å². The van der Waals surface area contributed by atoms with Gasteiger partial charge in [0.15, 0.2) is 4.34 Å². The Morgan fingerprint density at radius 2 is 2.17 bits per heavy atom. The van der Waals surface area contributed by atoms with E-state index in [1.54, 1.807) is 30.3 Å². The number of nitrogens with one attached hydrogen (secondary N) is 2. The molecular weight excluding hydrogens is 368 g/mol. The monoisotopic (exact) mass is 384 g/mol. The van der Waals surface area contributed by atoms with Crippen LogP contribution >= 0.6 is 34.7 Å². The van der Waals surface area contributed by atoms with E-state index in [4.69, 9.17) is 16.3 Å². The molecule has 2 rings (SSSR count). The maximum absolute atomic E-state index is 11.8. The van der Waals surface area contributed by atoms with Crippen LogP contribution in [0, 0.1) is 0 Å². The van der Waals surface area contributed by atoms with Crippen molar-refractivity contribution in [3.63, 3.8) is 0 Å². The lowest BCUT2D eigenvalue weighted by atomic mass is 10.3. The summed E-state index contributed by atoms with van der Waals surface area (Å²) in [5.74, 6) is 0.934. The van der Waals surface area contributed by atoms with Crippen molar-refractivity contribution in [1.82, 2.24) is 15.5 Å². The van der Waals surface area contributed by atoms with E-state index in [9.17, 15) is 4.79 Å². The average molecular weight is 385 g/mol. The highest BCUT2D eigenvalue weighted by molar-refractivity contribution is 8.01. The maximum atomic E-state index is 11.8. The smallest absolute Gasteiger partial charge is 0.230 e. The van der Waals surface area contributed by atoms with E-state index in [0.29, 0.717) is 29.9 Å². The van der Waals surface area contributed by atoms with Crippen molar-refractivity contribution in [3.05, 3.63) is 41.9 Å². The summed E-state index contributed by atoms with van der Waals surface area (Å²) >= 11 is 8.55. The van der Waals surface area contributed by atoms with Gasteiger partial charge in [0.2, 0.25) is 11.0 Å². The topological polar surface area (TPSA) is 76.1 Å². The lowest BCUT2D eigenvalue weighted by Gasteiger charge is -2.07. The number of benzene rings is 1. The molecule has 0 saturated carbocycles. The predicted octanol–water partition coefficient (Wildman–Crippen LogP) is 3.08. The molecule has 24 heavy (non-hydrogen) atoms. The van der Waals surface area contributed by atoms with Crippen LogP contribution in [0.4, 0.5) is 5.13 Å². The molecule has 2 N–H and O–H groups in total. The van der Waals surface area contributed by atoms with Crippen molar-refractivity contribution in [3.8, 4) is 5.75 Å². The highest BCUT2D eigenvalue weighted by atomic mass is 35.5. The van der Waals surface area contributed by atoms with Crippen molar-refractivity contribution >= 4 is 45.7 Å². The minimum Gasteiger partial charge on any atom is -0.492 e. The van der Waals surface area contributed by atoms with Gasteiger partial charge in [0.1, 0.15) is 12.4 Å². The molecule has 128 valence electrons. The molecule has 0 saturated heterocycles. The largest absolute Gasteiger partial charge is 0.492 e. The van der Waals surface area contributed by atoms with Gasteiger partial charge in [-0.15, -0.1) is 16.8 Å². The zero-order valence-electron chi connectivity index (χ0n) is 12.8. The summed E-state index contributed by atoms with van der Waals surface area (Å²) < 4.78 is 6.24. The summed E-state index contributed by atoms with van der Waals surface area (Å²) in [7, 11) is 0. The quantitative estimate of drug-likeness (QED) is 0.372. The number of carbonyl (C=O) groups is 1. The summed E-state index contributed by atoms with van der Waals surface area (Å²) in [6, 6.07) is 7.08. The van der Waals surface area contributed by atoms with Crippen LogP contribution in [0.15, 0.2) is 41.3 Å². The van der Waals surface area contributed by atoms with E-state index in [2.05, 4.69) is 27.4 Å². The number of carbonyl (C=O) groups excluding carboxylic acids is 1. The number of hydrogen-bond acceptors (Lipinski definition) is 7. The molecule has 0 spiro atoms. The van der Waals surface area contributed by atoms with Gasteiger partial charge < -0.3 is 15.4 Å². The van der Waals surface area contributed by atoms with Crippen LogP contribution in [-0.2, 0) is 4.79 Å². The van der Waals surface area contributed by atoms with Crippen molar-refractivity contribution < 1.29 is 9.53 Å². The molecule has 1 amide bonds. The molecule has 1 aromatic carbocycles. The molecule has 0 aliphatic rings. The molecular formula is C15H17ClN4O2S2. The average Bonchev–Trinajstić information content (AvgIpc) is 3.04. The minimum atomic E-state index is -0.0736. The third-order valence-electron chi connectivity index (χ3n) is 2.64. The van der Waals surface area contributed by atoms with Gasteiger partial charge in [-0.25, -0.2) is 0 Å². The lowest BCUT2D eigenvalue weighted by molar-refractivity contribution is -0.118. The molecule has 0 atom stereocenters. The zero-order valence-corrected chi connectivity index (χ0v) is 15.2. The third-order valence-corrected chi connectivity index (χ3v) is 4.90. The van der Waals surface area contributed by atoms with E-state index in [1.807, 2.05) is 0 Å². The van der Waals surface area contributed by atoms with Crippen molar-refractivity contribution in [1.29, 1.82) is 0 Å². The number of aromatic nitrogens is 2. The molecule has 0 bridgehead atoms. The highest BCUT2D eigenvalue weighted by Crippen LogP contribution is 2.25. The number of rotatable bonds is 10. The van der Waals surface area contributed by atoms with Gasteiger partial charge >= 0.3 is 0 Å². The van der Waals surface area contributed by atoms with Crippen molar-refractivity contribution in [2.75, 3.05) is 30.8 Å². The van der Waals surface area contributed by atoms with Gasteiger partial charge in [0.05, 0.1) is 12.3 Å². The molecule has 0 fully saturated rings. The van der Waals surface area contributed by atoms with E-state index in [-0.39, 0.29) is 11.7 Å². The van der Waals surface area contributed by atoms with Gasteiger partial charge in [0.25, 0.3) is 0 Å². The van der Waals surface area contributed by atoms with Crippen LogP contribution in [0.25, 0.3) is 0 Å². The van der Waals surface area contributed by atoms with Crippen LogP contribution in [-0.4, -0.2) is 41.6 Å². The molecule has 2 aromatic rings. The summed E-state index contributed by atoms with van der Waals surface area (Å²) in [5, 5.41) is 15.2. The Morgan fingerprint density at radius 1 is 1.38 bits per heavy atom. The van der Waals surface area contributed by atoms with Crippen molar-refractivity contribution in [2.45, 2.75) is 4.34 Å². The van der Waals surface area contributed by atoms with E-state index >= 15 is 0 Å². The number of hydrogen-bond donors (Lipinski definition) is 2. The number of thioether (sulfide) groups is 1. The van der Waals surface area contributed by atoms with Gasteiger partial charge in [0, 0.05) is 11.6 Å². The molecule has 1 heterocycles. The molecule has 0 aliphatic carbocycles. The fourth-order valence-corrected chi connectivity index (χ4v) is 3.28. The Kier molecular flexibility index (Phi) is 7.87. The number of nitrogens with zero attached hydrogens (tertiary/aromatic N) is 2. The summed E-state index contributed by atoms with van der Waals surface area (Å²) in [6.07, 6.45) is 1.74. The Hall–Kier alpha value is -1.77. The maximum Gasteiger partial charge on any atom is 0.230 e. The van der Waals surface area contributed by atoms with Crippen LogP contribution in [0.2, 0.25) is 5.02 Å². The highest BCUT2D eigenvalue weighted by Gasteiger charge is 2.07. The zero-order chi connectivity index (χ0) is 17.2. The second kappa shape index (κ2) is 10.2. The first kappa shape index (κ1) is 18.6. The first-order valence-electron chi connectivity index (χ1n) is 7.13. The normalized spacial score (nSPS) is 10.2. The number of anilines is 1. The fraction of sp³-hybridized carbons (Fsp3) is 0.267. The van der Waals surface area contributed by atoms with E-state index < -0.39 is 0 Å². The van der Waals surface area contributed by atoms with Crippen LogP contribution < -0.4 is 15.4 Å². The summed E-state index contributed by atoms with van der Waals surface area (Å²) in [4.78, 5) is 11.8. The van der Waals surface area contributed by atoms with Crippen LogP contribution in [0.3, 0.4) is 0 Å². The molecule has 0 unspecified atom stereocenters. The fourth-order valence-electron chi connectivity index (χ4n) is 1.57.